The van der Waals surface area contributed by atoms with Crippen molar-refractivity contribution >= 4 is 16.0 Å². The number of hydrogen-bond acceptors (Lipinski definition) is 4. The molecule has 0 aliphatic carbocycles. The number of carboxylic acids is 1. The minimum absolute atomic E-state index is 0.00980. The third kappa shape index (κ3) is 3.47. The molecule has 8 heteroatoms. The molecular weight excluding hydrogens is 294 g/mol. The number of benzene rings is 1. The van der Waals surface area contributed by atoms with Crippen LogP contribution >= 0.6 is 0 Å². The molecule has 0 aliphatic heterocycles. The SMILES string of the molecule is CCc1ccc(C(=O)O)cc1S(=O)(=O)NCc1cnc[nH]1. The summed E-state index contributed by atoms with van der Waals surface area (Å²) in [6, 6.07) is 4.10. The van der Waals surface area contributed by atoms with E-state index in [9.17, 15) is 13.2 Å². The second-order valence-electron chi connectivity index (χ2n) is 4.38. The van der Waals surface area contributed by atoms with E-state index in [1.807, 2.05) is 6.92 Å². The molecule has 21 heavy (non-hydrogen) atoms. The summed E-state index contributed by atoms with van der Waals surface area (Å²) >= 11 is 0. The Morgan fingerprint density at radius 1 is 1.43 bits per heavy atom. The molecule has 0 bridgehead atoms. The standard InChI is InChI=1S/C13H15N3O4S/c1-2-9-3-4-10(13(17)18)5-12(9)21(19,20)16-7-11-6-14-8-15-11/h3-6,8,16H,2,7H2,1H3,(H,14,15)(H,17,18). The first-order valence-corrected chi connectivity index (χ1v) is 7.75. The van der Waals surface area contributed by atoms with Gasteiger partial charge >= 0.3 is 5.97 Å². The summed E-state index contributed by atoms with van der Waals surface area (Å²) in [7, 11) is -3.80. The number of imidazole rings is 1. The Kier molecular flexibility index (Phi) is 4.39. The van der Waals surface area contributed by atoms with Gasteiger partial charge in [0.15, 0.2) is 0 Å². The summed E-state index contributed by atoms with van der Waals surface area (Å²) in [6.07, 6.45) is 3.45. The monoisotopic (exact) mass is 309 g/mol. The average molecular weight is 309 g/mol. The lowest BCUT2D eigenvalue weighted by atomic mass is 10.1. The predicted molar refractivity (Wildman–Crippen MR) is 75.4 cm³/mol. The number of H-pyrrole nitrogens is 1. The van der Waals surface area contributed by atoms with Crippen LogP contribution < -0.4 is 4.72 Å². The topological polar surface area (TPSA) is 112 Å². The number of carbonyl (C=O) groups is 1. The molecule has 0 saturated heterocycles. The van der Waals surface area contributed by atoms with E-state index < -0.39 is 16.0 Å². The van der Waals surface area contributed by atoms with Crippen molar-refractivity contribution in [2.75, 3.05) is 0 Å². The van der Waals surface area contributed by atoms with Gasteiger partial charge in [-0.15, -0.1) is 0 Å². The normalized spacial score (nSPS) is 11.5. The molecule has 0 fully saturated rings. The fourth-order valence-corrected chi connectivity index (χ4v) is 3.20. The van der Waals surface area contributed by atoms with E-state index in [4.69, 9.17) is 5.11 Å². The van der Waals surface area contributed by atoms with Gasteiger partial charge in [-0.1, -0.05) is 13.0 Å². The van der Waals surface area contributed by atoms with Crippen molar-refractivity contribution in [2.45, 2.75) is 24.8 Å². The van der Waals surface area contributed by atoms with Crippen molar-refractivity contribution in [3.63, 3.8) is 0 Å². The first-order chi connectivity index (χ1) is 9.94. The highest BCUT2D eigenvalue weighted by Gasteiger charge is 2.20. The first kappa shape index (κ1) is 15.2. The van der Waals surface area contributed by atoms with Crippen molar-refractivity contribution in [3.05, 3.63) is 47.5 Å². The van der Waals surface area contributed by atoms with Crippen molar-refractivity contribution < 1.29 is 18.3 Å². The lowest BCUT2D eigenvalue weighted by molar-refractivity contribution is 0.0696. The van der Waals surface area contributed by atoms with Crippen molar-refractivity contribution in [3.8, 4) is 0 Å². The lowest BCUT2D eigenvalue weighted by Gasteiger charge is -2.11. The maximum absolute atomic E-state index is 12.3. The molecule has 2 aromatic rings. The zero-order valence-corrected chi connectivity index (χ0v) is 12.1. The van der Waals surface area contributed by atoms with Gasteiger partial charge in [0.2, 0.25) is 10.0 Å². The van der Waals surface area contributed by atoms with Crippen LogP contribution in [0.5, 0.6) is 0 Å². The van der Waals surface area contributed by atoms with Gasteiger partial charge in [-0.25, -0.2) is 22.9 Å². The number of rotatable bonds is 6. The Bertz CT molecular complexity index is 739. The van der Waals surface area contributed by atoms with Crippen LogP contribution in [0.4, 0.5) is 0 Å². The van der Waals surface area contributed by atoms with E-state index in [-0.39, 0.29) is 17.0 Å². The van der Waals surface area contributed by atoms with Gasteiger partial charge in [0.25, 0.3) is 0 Å². The quantitative estimate of drug-likeness (QED) is 0.741. The average Bonchev–Trinajstić information content (AvgIpc) is 2.98. The van der Waals surface area contributed by atoms with Gasteiger partial charge in [-0.05, 0) is 24.1 Å². The Morgan fingerprint density at radius 2 is 2.19 bits per heavy atom. The molecule has 0 atom stereocenters. The summed E-state index contributed by atoms with van der Waals surface area (Å²) in [5.74, 6) is -1.16. The number of aromatic amines is 1. The minimum Gasteiger partial charge on any atom is -0.478 e. The molecule has 1 heterocycles. The Morgan fingerprint density at radius 3 is 2.76 bits per heavy atom. The fraction of sp³-hybridized carbons (Fsp3) is 0.231. The molecule has 0 spiro atoms. The maximum atomic E-state index is 12.3. The van der Waals surface area contributed by atoms with Crippen LogP contribution in [0.1, 0.15) is 28.5 Å². The van der Waals surface area contributed by atoms with E-state index in [0.29, 0.717) is 17.7 Å². The van der Waals surface area contributed by atoms with Gasteiger partial charge in [-0.2, -0.15) is 0 Å². The minimum atomic E-state index is -3.80. The lowest BCUT2D eigenvalue weighted by Crippen LogP contribution is -2.24. The maximum Gasteiger partial charge on any atom is 0.335 e. The molecule has 0 saturated carbocycles. The third-order valence-electron chi connectivity index (χ3n) is 2.99. The van der Waals surface area contributed by atoms with Crippen LogP contribution in [0.2, 0.25) is 0 Å². The summed E-state index contributed by atoms with van der Waals surface area (Å²) in [4.78, 5) is 17.6. The molecule has 0 unspecified atom stereocenters. The van der Waals surface area contributed by atoms with E-state index in [1.54, 1.807) is 0 Å². The fourth-order valence-electron chi connectivity index (χ4n) is 1.86. The number of hydrogen-bond donors (Lipinski definition) is 3. The zero-order valence-electron chi connectivity index (χ0n) is 11.3. The summed E-state index contributed by atoms with van der Waals surface area (Å²) in [6.45, 7) is 1.87. The molecule has 2 rings (SSSR count). The van der Waals surface area contributed by atoms with Gasteiger partial charge in [0.05, 0.1) is 23.3 Å². The highest BCUT2D eigenvalue weighted by atomic mass is 32.2. The number of aromatic nitrogens is 2. The molecule has 1 aromatic carbocycles. The zero-order chi connectivity index (χ0) is 15.5. The van der Waals surface area contributed by atoms with E-state index >= 15 is 0 Å². The smallest absolute Gasteiger partial charge is 0.335 e. The molecule has 0 aliphatic rings. The Hall–Kier alpha value is -2.19. The molecular formula is C13H15N3O4S. The van der Waals surface area contributed by atoms with Crippen LogP contribution in [0.15, 0.2) is 35.6 Å². The highest BCUT2D eigenvalue weighted by Crippen LogP contribution is 2.19. The second kappa shape index (κ2) is 6.06. The summed E-state index contributed by atoms with van der Waals surface area (Å²) in [5, 5.41) is 8.99. The molecule has 3 N–H and O–H groups in total. The second-order valence-corrected chi connectivity index (χ2v) is 6.12. The molecule has 0 amide bonds. The van der Waals surface area contributed by atoms with Crippen LogP contribution in [-0.2, 0) is 23.0 Å². The summed E-state index contributed by atoms with van der Waals surface area (Å²) in [5.41, 5.74) is 1.12. The Labute approximate surface area is 122 Å². The highest BCUT2D eigenvalue weighted by molar-refractivity contribution is 7.89. The van der Waals surface area contributed by atoms with Crippen LogP contribution in [0, 0.1) is 0 Å². The van der Waals surface area contributed by atoms with E-state index in [0.717, 1.165) is 0 Å². The van der Waals surface area contributed by atoms with Crippen molar-refractivity contribution in [2.24, 2.45) is 0 Å². The van der Waals surface area contributed by atoms with Crippen molar-refractivity contribution in [1.82, 2.24) is 14.7 Å². The van der Waals surface area contributed by atoms with Crippen LogP contribution in [-0.4, -0.2) is 29.5 Å². The van der Waals surface area contributed by atoms with Crippen LogP contribution in [0.3, 0.4) is 0 Å². The molecule has 7 nitrogen and oxygen atoms in total. The van der Waals surface area contributed by atoms with Gasteiger partial charge < -0.3 is 10.1 Å². The molecule has 112 valence electrons. The third-order valence-corrected chi connectivity index (χ3v) is 4.48. The van der Waals surface area contributed by atoms with Gasteiger partial charge in [0.1, 0.15) is 0 Å². The van der Waals surface area contributed by atoms with Crippen LogP contribution in [0.25, 0.3) is 0 Å². The number of aromatic carboxylic acids is 1. The number of carboxylic acid groups (broad SMARTS) is 1. The summed E-state index contributed by atoms with van der Waals surface area (Å²) < 4.78 is 27.1. The molecule has 1 aromatic heterocycles. The number of nitrogens with zero attached hydrogens (tertiary/aromatic N) is 1. The van der Waals surface area contributed by atoms with E-state index in [1.165, 1.54) is 30.7 Å². The van der Waals surface area contributed by atoms with Gasteiger partial charge in [-0.3, -0.25) is 0 Å². The number of aryl methyl sites for hydroxylation is 1. The number of nitrogens with one attached hydrogen (secondary N) is 2. The molecule has 0 radical (unpaired) electrons. The van der Waals surface area contributed by atoms with Crippen molar-refractivity contribution in [1.29, 1.82) is 0 Å². The predicted octanol–water partition coefficient (Wildman–Crippen LogP) is 1.15. The first-order valence-electron chi connectivity index (χ1n) is 6.27. The van der Waals surface area contributed by atoms with E-state index in [2.05, 4.69) is 14.7 Å². The van der Waals surface area contributed by atoms with Gasteiger partial charge in [0, 0.05) is 11.9 Å². The Balaban J connectivity index is 2.33. The number of sulfonamides is 1. The largest absolute Gasteiger partial charge is 0.478 e.